The van der Waals surface area contributed by atoms with Gasteiger partial charge in [0.1, 0.15) is 11.6 Å². The van der Waals surface area contributed by atoms with E-state index in [0.717, 1.165) is 43.9 Å². The van der Waals surface area contributed by atoms with Crippen LogP contribution in [-0.2, 0) is 0 Å². The summed E-state index contributed by atoms with van der Waals surface area (Å²) < 4.78 is 19.9. The Bertz CT molecular complexity index is 914. The van der Waals surface area contributed by atoms with Crippen molar-refractivity contribution in [2.45, 2.75) is 12.5 Å². The number of benzene rings is 3. The van der Waals surface area contributed by atoms with Gasteiger partial charge in [0.25, 0.3) is 0 Å². The molecule has 1 N–H and O–H groups in total. The minimum absolute atomic E-state index is 0.0540. The van der Waals surface area contributed by atoms with Crippen LogP contribution < -0.4 is 10.1 Å². The first-order valence-electron chi connectivity index (χ1n) is 9.54. The summed E-state index contributed by atoms with van der Waals surface area (Å²) in [7, 11) is 1.65. The molecule has 0 saturated carbocycles. The van der Waals surface area contributed by atoms with Gasteiger partial charge in [-0.1, -0.05) is 42.5 Å². The van der Waals surface area contributed by atoms with E-state index < -0.39 is 0 Å². The van der Waals surface area contributed by atoms with E-state index in [4.69, 9.17) is 4.74 Å². The zero-order valence-electron chi connectivity index (χ0n) is 15.6. The Morgan fingerprint density at radius 1 is 0.963 bits per heavy atom. The highest BCUT2D eigenvalue weighted by molar-refractivity contribution is 5.86. The molecule has 3 nitrogen and oxygen atoms in total. The zero-order chi connectivity index (χ0) is 18.6. The second-order valence-corrected chi connectivity index (χ2v) is 7.00. The van der Waals surface area contributed by atoms with Gasteiger partial charge in [0, 0.05) is 25.2 Å². The van der Waals surface area contributed by atoms with Crippen LogP contribution in [0.2, 0.25) is 0 Å². The molecule has 1 fully saturated rings. The van der Waals surface area contributed by atoms with Gasteiger partial charge < -0.3 is 10.1 Å². The lowest BCUT2D eigenvalue weighted by molar-refractivity contribution is 0.237. The van der Waals surface area contributed by atoms with Gasteiger partial charge in [-0.25, -0.2) is 4.39 Å². The molecule has 0 bridgehead atoms. The average molecular weight is 364 g/mol. The van der Waals surface area contributed by atoms with Crippen molar-refractivity contribution in [3.8, 4) is 5.75 Å². The van der Waals surface area contributed by atoms with E-state index in [-0.39, 0.29) is 11.9 Å². The number of hydrogen-bond donors (Lipinski definition) is 1. The van der Waals surface area contributed by atoms with Gasteiger partial charge in [-0.05, 0) is 47.5 Å². The molecule has 0 aliphatic carbocycles. The predicted molar refractivity (Wildman–Crippen MR) is 108 cm³/mol. The number of methoxy groups -OCH3 is 1. The van der Waals surface area contributed by atoms with Crippen LogP contribution in [0.4, 0.5) is 4.39 Å². The van der Waals surface area contributed by atoms with Crippen LogP contribution in [0.5, 0.6) is 5.75 Å². The maximum absolute atomic E-state index is 14.2. The average Bonchev–Trinajstić information content (AvgIpc) is 2.98. The molecule has 1 atom stereocenters. The van der Waals surface area contributed by atoms with Crippen molar-refractivity contribution in [3.63, 3.8) is 0 Å². The first-order valence-corrected chi connectivity index (χ1v) is 9.54. The van der Waals surface area contributed by atoms with Crippen LogP contribution in [0.3, 0.4) is 0 Å². The van der Waals surface area contributed by atoms with E-state index in [1.807, 2.05) is 0 Å². The number of hydrogen-bond acceptors (Lipinski definition) is 3. The summed E-state index contributed by atoms with van der Waals surface area (Å²) in [6.07, 6.45) is 1.07. The van der Waals surface area contributed by atoms with Gasteiger partial charge in [-0.2, -0.15) is 0 Å². The van der Waals surface area contributed by atoms with E-state index in [2.05, 4.69) is 52.7 Å². The molecule has 0 amide bonds. The van der Waals surface area contributed by atoms with Gasteiger partial charge in [0.15, 0.2) is 0 Å². The highest BCUT2D eigenvalue weighted by atomic mass is 19.1. The molecule has 3 aromatic rings. The molecule has 3 aromatic carbocycles. The smallest absolute Gasteiger partial charge is 0.124 e. The van der Waals surface area contributed by atoms with E-state index >= 15 is 0 Å². The maximum Gasteiger partial charge on any atom is 0.124 e. The van der Waals surface area contributed by atoms with Crippen molar-refractivity contribution in [2.75, 3.05) is 33.3 Å². The summed E-state index contributed by atoms with van der Waals surface area (Å²) in [5.74, 6) is 0.496. The number of fused-ring (bicyclic) bond motifs is 1. The van der Waals surface area contributed by atoms with E-state index in [9.17, 15) is 4.39 Å². The Labute approximate surface area is 159 Å². The minimum atomic E-state index is -0.232. The third-order valence-electron chi connectivity index (χ3n) is 5.34. The van der Waals surface area contributed by atoms with Crippen molar-refractivity contribution in [3.05, 3.63) is 77.6 Å². The maximum atomic E-state index is 14.2. The van der Waals surface area contributed by atoms with Crippen LogP contribution in [0.15, 0.2) is 60.7 Å². The van der Waals surface area contributed by atoms with E-state index in [1.54, 1.807) is 19.2 Å². The summed E-state index contributed by atoms with van der Waals surface area (Å²) in [5.41, 5.74) is 2.08. The fourth-order valence-electron chi connectivity index (χ4n) is 4.09. The molecule has 0 aromatic heterocycles. The summed E-state index contributed by atoms with van der Waals surface area (Å²) in [6, 6.07) is 19.6. The molecular formula is C23H25FN2O. The molecule has 1 aliphatic heterocycles. The Kier molecular flexibility index (Phi) is 5.37. The number of nitrogens with zero attached hydrogens (tertiary/aromatic N) is 1. The second-order valence-electron chi connectivity index (χ2n) is 7.00. The SMILES string of the molecule is COc1ccc(F)cc1C(c1cccc2ccccc12)N1CCCNCC1. The largest absolute Gasteiger partial charge is 0.496 e. The first-order chi connectivity index (χ1) is 13.3. The summed E-state index contributed by atoms with van der Waals surface area (Å²) >= 11 is 0. The second kappa shape index (κ2) is 8.07. The van der Waals surface area contributed by atoms with Gasteiger partial charge in [0.05, 0.1) is 13.2 Å². The van der Waals surface area contributed by atoms with Crippen LogP contribution in [0.25, 0.3) is 10.8 Å². The Hall–Kier alpha value is -2.43. The van der Waals surface area contributed by atoms with Crippen molar-refractivity contribution in [2.24, 2.45) is 0 Å². The molecular weight excluding hydrogens is 339 g/mol. The number of ether oxygens (including phenoxy) is 1. The number of nitrogens with one attached hydrogen (secondary N) is 1. The Morgan fingerprint density at radius 2 is 1.81 bits per heavy atom. The molecule has 140 valence electrons. The molecule has 1 saturated heterocycles. The monoisotopic (exact) mass is 364 g/mol. The first kappa shape index (κ1) is 18.0. The molecule has 1 aliphatic rings. The lowest BCUT2D eigenvalue weighted by Crippen LogP contribution is -2.33. The van der Waals surface area contributed by atoms with Crippen LogP contribution in [0, 0.1) is 5.82 Å². The lowest BCUT2D eigenvalue weighted by atomic mass is 9.91. The molecule has 4 heteroatoms. The van der Waals surface area contributed by atoms with Crippen molar-refractivity contribution < 1.29 is 9.13 Å². The van der Waals surface area contributed by atoms with E-state index in [0.29, 0.717) is 0 Å². The zero-order valence-corrected chi connectivity index (χ0v) is 15.6. The molecule has 1 heterocycles. The highest BCUT2D eigenvalue weighted by Gasteiger charge is 2.27. The van der Waals surface area contributed by atoms with Crippen molar-refractivity contribution in [1.82, 2.24) is 10.2 Å². The normalized spacial score (nSPS) is 16.8. The molecule has 1 unspecified atom stereocenters. The molecule has 27 heavy (non-hydrogen) atoms. The van der Waals surface area contributed by atoms with Gasteiger partial charge in [0.2, 0.25) is 0 Å². The summed E-state index contributed by atoms with van der Waals surface area (Å²) in [4.78, 5) is 2.44. The van der Waals surface area contributed by atoms with Gasteiger partial charge in [-0.3, -0.25) is 4.90 Å². The van der Waals surface area contributed by atoms with Crippen molar-refractivity contribution in [1.29, 1.82) is 0 Å². The fraction of sp³-hybridized carbons (Fsp3) is 0.304. The third kappa shape index (κ3) is 3.68. The topological polar surface area (TPSA) is 24.5 Å². The summed E-state index contributed by atoms with van der Waals surface area (Å²) in [5, 5.41) is 5.87. The van der Waals surface area contributed by atoms with Crippen LogP contribution >= 0.6 is 0 Å². The molecule has 0 spiro atoms. The highest BCUT2D eigenvalue weighted by Crippen LogP contribution is 2.38. The standard InChI is InChI=1S/C23H25FN2O/c1-27-22-11-10-18(24)16-21(22)23(26-14-5-12-25-13-15-26)20-9-4-7-17-6-2-3-8-19(17)20/h2-4,6-11,16,23,25H,5,12-15H2,1H3. The van der Waals surface area contributed by atoms with Gasteiger partial charge in [-0.15, -0.1) is 0 Å². The fourth-order valence-corrected chi connectivity index (χ4v) is 4.09. The number of rotatable bonds is 4. The Balaban J connectivity index is 1.92. The molecule has 0 radical (unpaired) electrons. The molecule has 4 rings (SSSR count). The van der Waals surface area contributed by atoms with Crippen molar-refractivity contribution >= 4 is 10.8 Å². The van der Waals surface area contributed by atoms with Gasteiger partial charge >= 0.3 is 0 Å². The quantitative estimate of drug-likeness (QED) is 0.744. The third-order valence-corrected chi connectivity index (χ3v) is 5.34. The summed E-state index contributed by atoms with van der Waals surface area (Å²) in [6.45, 7) is 3.81. The lowest BCUT2D eigenvalue weighted by Gasteiger charge is -2.33. The predicted octanol–water partition coefficient (Wildman–Crippen LogP) is 4.37. The van der Waals surface area contributed by atoms with E-state index in [1.165, 1.54) is 22.4 Å². The Morgan fingerprint density at radius 3 is 2.70 bits per heavy atom. The minimum Gasteiger partial charge on any atom is -0.496 e. The van der Waals surface area contributed by atoms with Crippen LogP contribution in [0.1, 0.15) is 23.6 Å². The number of halogens is 1. The van der Waals surface area contributed by atoms with Crippen LogP contribution in [-0.4, -0.2) is 38.2 Å².